The van der Waals surface area contributed by atoms with Crippen LogP contribution in [0, 0.1) is 13.8 Å². The number of amides is 1. The zero-order valence-electron chi connectivity index (χ0n) is 57.5. The second-order valence-electron chi connectivity index (χ2n) is 23.4. The van der Waals surface area contributed by atoms with Gasteiger partial charge >= 0.3 is 5.97 Å². The number of fused-ring (bicyclic) bond motifs is 9. The second-order valence-corrected chi connectivity index (χ2v) is 29.0. The molecular weight excluding hydrogens is 1370 g/mol. The minimum absolute atomic E-state index is 0.0166. The van der Waals surface area contributed by atoms with Gasteiger partial charge in [-0.25, -0.2) is 21.6 Å². The van der Waals surface area contributed by atoms with Crippen LogP contribution in [0.5, 0.6) is 51.7 Å². The average Bonchev–Trinajstić information content (AvgIpc) is 1.74. The highest BCUT2D eigenvalue weighted by molar-refractivity contribution is 7.98. The summed E-state index contributed by atoms with van der Waals surface area (Å²) in [4.78, 5) is 37.4. The maximum absolute atomic E-state index is 13.3. The van der Waals surface area contributed by atoms with Crippen LogP contribution in [0.15, 0.2) is 129 Å². The van der Waals surface area contributed by atoms with E-state index in [1.807, 2.05) is 49.6 Å². The lowest BCUT2D eigenvalue weighted by Crippen LogP contribution is -2.29. The molecule has 0 unspecified atom stereocenters. The van der Waals surface area contributed by atoms with Gasteiger partial charge in [0, 0.05) is 41.3 Å². The number of rotatable bonds is 15. The minimum atomic E-state index is -3.49. The average molecular weight is 1450 g/mol. The van der Waals surface area contributed by atoms with Gasteiger partial charge in [0.1, 0.15) is 0 Å². The van der Waals surface area contributed by atoms with Crippen LogP contribution >= 0.6 is 35.0 Å². The molecule has 0 bridgehead atoms. The summed E-state index contributed by atoms with van der Waals surface area (Å²) >= 11 is 13.6. The molecule has 3 aliphatic carbocycles. The Hall–Kier alpha value is -8.68. The van der Waals surface area contributed by atoms with Crippen molar-refractivity contribution in [2.45, 2.75) is 85.2 Å². The van der Waals surface area contributed by atoms with Crippen LogP contribution in [-0.4, -0.2) is 117 Å². The number of nitrogens with one attached hydrogen (secondary N) is 1. The van der Waals surface area contributed by atoms with Gasteiger partial charge in [-0.2, -0.15) is 0 Å². The molecule has 0 heterocycles. The van der Waals surface area contributed by atoms with Gasteiger partial charge in [-0.15, -0.1) is 11.8 Å². The zero-order valence-corrected chi connectivity index (χ0v) is 61.4. The molecule has 0 spiro atoms. The van der Waals surface area contributed by atoms with Gasteiger partial charge in [-0.05, 0) is 187 Å². The van der Waals surface area contributed by atoms with Crippen LogP contribution in [0.2, 0.25) is 10.0 Å². The van der Waals surface area contributed by atoms with Crippen LogP contribution in [-0.2, 0) is 38.9 Å². The molecule has 0 aromatic heterocycles. The molecule has 6 N–H and O–H groups in total. The van der Waals surface area contributed by atoms with Crippen molar-refractivity contribution in [2.24, 2.45) is 11.5 Å². The molecule has 20 nitrogen and oxygen atoms in total. The Morgan fingerprint density at radius 2 is 0.859 bits per heavy atom. The van der Waals surface area contributed by atoms with E-state index < -0.39 is 31.7 Å². The molecule has 99 heavy (non-hydrogen) atoms. The first-order chi connectivity index (χ1) is 47.1. The van der Waals surface area contributed by atoms with E-state index in [1.54, 1.807) is 131 Å². The quantitative estimate of drug-likeness (QED) is 0.0694. The summed E-state index contributed by atoms with van der Waals surface area (Å²) in [6.45, 7) is 3.61. The molecule has 8 aromatic carbocycles. The van der Waals surface area contributed by atoms with E-state index in [4.69, 9.17) is 82.4 Å². The van der Waals surface area contributed by atoms with Crippen molar-refractivity contribution in [3.63, 3.8) is 0 Å². The van der Waals surface area contributed by atoms with E-state index >= 15 is 0 Å². The predicted octanol–water partition coefficient (Wildman–Crippen LogP) is 13.6. The number of hydrogen-bond acceptors (Lipinski definition) is 19. The number of aryl methyl sites for hydroxylation is 5. The van der Waals surface area contributed by atoms with Crippen molar-refractivity contribution < 1.29 is 74.2 Å². The van der Waals surface area contributed by atoms with Gasteiger partial charge in [0.2, 0.25) is 17.2 Å². The van der Waals surface area contributed by atoms with Crippen molar-refractivity contribution in [3.05, 3.63) is 185 Å². The van der Waals surface area contributed by atoms with Crippen molar-refractivity contribution in [1.29, 1.82) is 0 Å². The van der Waals surface area contributed by atoms with E-state index in [2.05, 4.69) is 5.32 Å². The topological polar surface area (TPSA) is 287 Å². The van der Waals surface area contributed by atoms with Gasteiger partial charge in [0.15, 0.2) is 59.6 Å². The first-order valence-corrected chi connectivity index (χ1v) is 36.8. The van der Waals surface area contributed by atoms with Gasteiger partial charge < -0.3 is 64.5 Å². The zero-order chi connectivity index (χ0) is 72.5. The number of aromatic carboxylic acids is 1. The van der Waals surface area contributed by atoms with Crippen molar-refractivity contribution >= 4 is 66.5 Å². The monoisotopic (exact) mass is 1450 g/mol. The van der Waals surface area contributed by atoms with E-state index in [1.165, 1.54) is 31.2 Å². The molecule has 25 heteroatoms. The second kappa shape index (κ2) is 32.5. The summed E-state index contributed by atoms with van der Waals surface area (Å²) in [7, 11) is 7.34. The standard InChI is InChI=1S/C27H28ClNO6S.C20H23NO4S.C19H23NO5S.C8H7ClO2/c1-15-7-6-8-19(24(15)28)27(30)29-21-12-9-16-13-22(33-2)25(34-3)26(35-4)23(16)18-11-10-17(14-20(18)21)36(5,31)32;1-23-16-9-11-5-7-14(21)13-10-15(22)17(26-4)8-6-12(13)18(11)20(25-3)19(16)24-2;1-23-16-9-11-5-8-15(20)14-10-12(26(4,21)22)6-7-13(14)17(11)19(25-3)18(16)24-2;1-5-3-2-4-6(7(5)9)8(10)11/h6-8,10-11,13-14,21H,9,12H2,1-5H3,(H,29,30);6,8-10,14H,5,7,21H2,1-4H3;6-7,9-10,15H,5,8,20H2,1-4H3;2-4H,1H3,(H,10,11)/t21-;14-;15-;/m000./s1. The summed E-state index contributed by atoms with van der Waals surface area (Å²) in [5, 5.41) is 12.4. The fraction of sp³-hybridized carbons (Fsp3) is 0.311. The molecule has 1 amide bonds. The lowest BCUT2D eigenvalue weighted by molar-refractivity contribution is 0.0696. The Morgan fingerprint density at radius 1 is 0.495 bits per heavy atom. The molecule has 0 fully saturated rings. The maximum atomic E-state index is 13.3. The predicted molar refractivity (Wildman–Crippen MR) is 387 cm³/mol. The molecule has 11 rings (SSSR count). The Morgan fingerprint density at radius 3 is 1.23 bits per heavy atom. The normalized spacial score (nSPS) is 14.8. The van der Waals surface area contributed by atoms with E-state index in [0.29, 0.717) is 97.1 Å². The summed E-state index contributed by atoms with van der Waals surface area (Å²) < 4.78 is 99.1. The third kappa shape index (κ3) is 16.2. The number of carboxylic acids is 1. The van der Waals surface area contributed by atoms with E-state index in [0.717, 1.165) is 97.8 Å². The molecule has 526 valence electrons. The molecular formula is C74H81Cl2N3O17S3. The number of halogens is 2. The van der Waals surface area contributed by atoms with Crippen LogP contribution < -0.4 is 64.8 Å². The first kappa shape index (κ1) is 76.1. The third-order valence-corrected chi connectivity index (χ3v) is 21.4. The Labute approximate surface area is 591 Å². The largest absolute Gasteiger partial charge is 0.493 e. The van der Waals surface area contributed by atoms with Gasteiger partial charge in [-0.3, -0.25) is 9.59 Å². The number of methoxy groups -OCH3 is 9. The first-order valence-electron chi connectivity index (χ1n) is 31.0. The Balaban J connectivity index is 0.000000178. The molecule has 8 aromatic rings. The fourth-order valence-corrected chi connectivity index (χ4v) is 14.6. The van der Waals surface area contributed by atoms with E-state index in [9.17, 15) is 31.2 Å². The van der Waals surface area contributed by atoms with Crippen LogP contribution in [0.25, 0.3) is 33.4 Å². The third-order valence-electron chi connectivity index (χ3n) is 17.4. The van der Waals surface area contributed by atoms with Crippen LogP contribution in [0.4, 0.5) is 0 Å². The number of sulfone groups is 2. The van der Waals surface area contributed by atoms with Gasteiger partial charge in [0.05, 0.1) is 106 Å². The summed E-state index contributed by atoms with van der Waals surface area (Å²) in [6, 6.07) is 30.5. The van der Waals surface area contributed by atoms with E-state index in [-0.39, 0.29) is 38.8 Å². The number of ether oxygens (including phenoxy) is 9. The molecule has 0 radical (unpaired) electrons. The number of carbonyl (C=O) groups excluding carboxylic acids is 1. The SMILES string of the molecule is COc1cc2c(c(OC)c1OC)-c1ccc(S(C)(=O)=O)cc1[C@@H](N)CC2.COc1cc2c(c(OC)c1OC)-c1ccc(S(C)(=O)=O)cc1[C@@H](NC(=O)c1cccc(C)c1Cl)CC2.COc1cc2c(c(OC)c1OC)-c1ccc(SC)c(=O)cc1[C@@H](N)CC2.Cc1cccc(C(=O)O)c1Cl. The highest BCUT2D eigenvalue weighted by Gasteiger charge is 2.34. The summed E-state index contributed by atoms with van der Waals surface area (Å²) in [6.07, 6.45) is 8.23. The number of benzene rings is 7. The van der Waals surface area contributed by atoms with Crippen molar-refractivity contribution in [3.8, 4) is 85.1 Å². The fourth-order valence-electron chi connectivity index (χ4n) is 12.4. The summed E-state index contributed by atoms with van der Waals surface area (Å²) in [5.74, 6) is 3.53. The number of carbonyl (C=O) groups is 2. The van der Waals surface area contributed by atoms with Gasteiger partial charge in [0.25, 0.3) is 5.91 Å². The number of hydrogen-bond donors (Lipinski definition) is 4. The Kier molecular flexibility index (Phi) is 25.0. The number of nitrogens with two attached hydrogens (primary N) is 2. The molecule has 0 saturated carbocycles. The maximum Gasteiger partial charge on any atom is 0.337 e. The van der Waals surface area contributed by atoms with Crippen LogP contribution in [0.3, 0.4) is 0 Å². The number of carboxylic acid groups (broad SMARTS) is 1. The molecule has 3 aliphatic rings. The molecule has 0 aliphatic heterocycles. The molecule has 3 atom stereocenters. The highest BCUT2D eigenvalue weighted by atomic mass is 35.5. The highest BCUT2D eigenvalue weighted by Crippen LogP contribution is 2.54. The minimum Gasteiger partial charge on any atom is -0.493 e. The van der Waals surface area contributed by atoms with Crippen LogP contribution in [0.1, 0.15) is 103 Å². The van der Waals surface area contributed by atoms with Crippen molar-refractivity contribution in [2.75, 3.05) is 82.8 Å². The lowest BCUT2D eigenvalue weighted by atomic mass is 9.93. The Bertz CT molecular complexity index is 4700. The molecule has 0 saturated heterocycles. The van der Waals surface area contributed by atoms with Crippen molar-refractivity contribution in [1.82, 2.24) is 5.32 Å². The van der Waals surface area contributed by atoms with Gasteiger partial charge in [-0.1, -0.05) is 65.7 Å². The summed E-state index contributed by atoms with van der Waals surface area (Å²) in [5.41, 5.74) is 25.3. The smallest absolute Gasteiger partial charge is 0.337 e. The lowest BCUT2D eigenvalue weighted by Gasteiger charge is -2.22. The number of thioether (sulfide) groups is 1.